The zero-order valence-electron chi connectivity index (χ0n) is 10.9. The first-order valence-electron chi connectivity index (χ1n) is 5.92. The third-order valence-corrected chi connectivity index (χ3v) is 2.77. The molecule has 1 heterocycles. The molecule has 2 nitrogen and oxygen atoms in total. The summed E-state index contributed by atoms with van der Waals surface area (Å²) in [7, 11) is 0. The molecule has 0 bridgehead atoms. The maximum atomic E-state index is 11.9. The number of carbonyl (C=O) groups excluding carboxylic acids is 1. The molecule has 0 saturated heterocycles. The first-order chi connectivity index (χ1) is 8.56. The summed E-state index contributed by atoms with van der Waals surface area (Å²) in [5.41, 5.74) is 3.09. The zero-order chi connectivity index (χ0) is 13.1. The summed E-state index contributed by atoms with van der Waals surface area (Å²) in [6.45, 7) is 5.75. The van der Waals surface area contributed by atoms with Crippen LogP contribution in [0.5, 0.6) is 0 Å². The molecule has 92 valence electrons. The molecule has 0 atom stereocenters. The van der Waals surface area contributed by atoms with Gasteiger partial charge in [-0.15, -0.1) is 0 Å². The van der Waals surface area contributed by atoms with E-state index in [-0.39, 0.29) is 5.78 Å². The van der Waals surface area contributed by atoms with Gasteiger partial charge in [-0.25, -0.2) is 0 Å². The molecule has 2 heteroatoms. The summed E-state index contributed by atoms with van der Waals surface area (Å²) >= 11 is 0. The number of hydrogen-bond donors (Lipinski definition) is 0. The highest BCUT2D eigenvalue weighted by atomic mass is 16.3. The van der Waals surface area contributed by atoms with E-state index < -0.39 is 0 Å². The Balaban J connectivity index is 2.16. The number of benzene rings is 1. The van der Waals surface area contributed by atoms with Crippen LogP contribution in [0, 0.1) is 20.8 Å². The third-order valence-electron chi connectivity index (χ3n) is 2.77. The number of rotatable bonds is 3. The van der Waals surface area contributed by atoms with Crippen LogP contribution < -0.4 is 0 Å². The van der Waals surface area contributed by atoms with Gasteiger partial charge in [-0.05, 0) is 44.0 Å². The van der Waals surface area contributed by atoms with E-state index in [2.05, 4.69) is 0 Å². The van der Waals surface area contributed by atoms with E-state index in [0.29, 0.717) is 5.76 Å². The normalized spacial score (nSPS) is 11.1. The Morgan fingerprint density at radius 3 is 2.33 bits per heavy atom. The minimum Gasteiger partial charge on any atom is -0.458 e. The molecule has 0 aliphatic heterocycles. The summed E-state index contributed by atoms with van der Waals surface area (Å²) < 4.78 is 5.38. The van der Waals surface area contributed by atoms with Crippen molar-refractivity contribution in [3.05, 3.63) is 64.6 Å². The first-order valence-corrected chi connectivity index (χ1v) is 5.92. The van der Waals surface area contributed by atoms with Gasteiger partial charge in [0.25, 0.3) is 0 Å². The maximum absolute atomic E-state index is 11.9. The van der Waals surface area contributed by atoms with Crippen molar-refractivity contribution in [3.63, 3.8) is 0 Å². The van der Waals surface area contributed by atoms with Gasteiger partial charge in [-0.2, -0.15) is 0 Å². The number of furan rings is 1. The predicted octanol–water partition coefficient (Wildman–Crippen LogP) is 4.10. The van der Waals surface area contributed by atoms with Crippen molar-refractivity contribution in [2.24, 2.45) is 0 Å². The van der Waals surface area contributed by atoms with Crippen molar-refractivity contribution >= 4 is 11.9 Å². The van der Waals surface area contributed by atoms with Crippen LogP contribution in [0.25, 0.3) is 6.08 Å². The van der Waals surface area contributed by atoms with Crippen LogP contribution in [-0.4, -0.2) is 5.78 Å². The second-order valence-electron chi connectivity index (χ2n) is 4.48. The van der Waals surface area contributed by atoms with Crippen molar-refractivity contribution in [1.29, 1.82) is 0 Å². The Morgan fingerprint density at radius 1 is 1.11 bits per heavy atom. The average Bonchev–Trinajstić information content (AvgIpc) is 2.67. The molecule has 0 aliphatic rings. The van der Waals surface area contributed by atoms with Crippen molar-refractivity contribution < 1.29 is 9.21 Å². The van der Waals surface area contributed by atoms with E-state index in [4.69, 9.17) is 4.42 Å². The van der Waals surface area contributed by atoms with Gasteiger partial charge in [0.15, 0.2) is 5.76 Å². The molecule has 0 N–H and O–H groups in total. The lowest BCUT2D eigenvalue weighted by molar-refractivity contribution is 0.102. The second kappa shape index (κ2) is 5.05. The largest absolute Gasteiger partial charge is 0.458 e. The van der Waals surface area contributed by atoms with Gasteiger partial charge in [0.2, 0.25) is 5.78 Å². The highest BCUT2D eigenvalue weighted by molar-refractivity contribution is 6.05. The number of allylic oxidation sites excluding steroid dienone is 1. The molecule has 0 fully saturated rings. The summed E-state index contributed by atoms with van der Waals surface area (Å²) in [6, 6.07) is 9.88. The van der Waals surface area contributed by atoms with Crippen molar-refractivity contribution in [1.82, 2.24) is 0 Å². The van der Waals surface area contributed by atoms with Crippen molar-refractivity contribution in [2.75, 3.05) is 0 Å². The van der Waals surface area contributed by atoms with Crippen LogP contribution in [0.3, 0.4) is 0 Å². The lowest BCUT2D eigenvalue weighted by atomic mass is 10.1. The molecule has 1 aromatic carbocycles. The van der Waals surface area contributed by atoms with Crippen LogP contribution in [0.4, 0.5) is 0 Å². The fraction of sp³-hybridized carbons (Fsp3) is 0.188. The van der Waals surface area contributed by atoms with Crippen LogP contribution in [0.2, 0.25) is 0 Å². The summed E-state index contributed by atoms with van der Waals surface area (Å²) in [5.74, 6) is 1.09. The van der Waals surface area contributed by atoms with E-state index in [9.17, 15) is 4.79 Å². The molecular formula is C16H16O2. The molecule has 0 amide bonds. The third kappa shape index (κ3) is 2.77. The standard InChI is InChI=1S/C16H16O2/c1-11-4-6-14(7-5-11)8-9-15(17)16-12(2)10-13(3)18-16/h4-10H,1-3H3. The van der Waals surface area contributed by atoms with Gasteiger partial charge in [0.05, 0.1) is 0 Å². The van der Waals surface area contributed by atoms with Crippen LogP contribution in [0.1, 0.15) is 33.0 Å². The van der Waals surface area contributed by atoms with Crippen LogP contribution >= 0.6 is 0 Å². The van der Waals surface area contributed by atoms with Gasteiger partial charge in [0, 0.05) is 0 Å². The van der Waals surface area contributed by atoms with Crippen LogP contribution in [-0.2, 0) is 0 Å². The topological polar surface area (TPSA) is 30.2 Å². The average molecular weight is 240 g/mol. The SMILES string of the molecule is Cc1ccc(C=CC(=O)c2oc(C)cc2C)cc1. The lowest BCUT2D eigenvalue weighted by Gasteiger charge is -1.95. The first kappa shape index (κ1) is 12.4. The molecule has 1 aromatic heterocycles. The number of hydrogen-bond acceptors (Lipinski definition) is 2. The maximum Gasteiger partial charge on any atom is 0.221 e. The van der Waals surface area contributed by atoms with Gasteiger partial charge in [-0.1, -0.05) is 35.9 Å². The molecule has 18 heavy (non-hydrogen) atoms. The van der Waals surface area contributed by atoms with Crippen LogP contribution in [0.15, 0.2) is 40.8 Å². The van der Waals surface area contributed by atoms with Gasteiger partial charge >= 0.3 is 0 Å². The Kier molecular flexibility index (Phi) is 3.47. The fourth-order valence-corrected chi connectivity index (χ4v) is 1.81. The van der Waals surface area contributed by atoms with E-state index in [0.717, 1.165) is 16.9 Å². The van der Waals surface area contributed by atoms with Crippen molar-refractivity contribution in [2.45, 2.75) is 20.8 Å². The van der Waals surface area contributed by atoms with Gasteiger partial charge in [0.1, 0.15) is 5.76 Å². The number of carbonyl (C=O) groups is 1. The molecule has 0 spiro atoms. The highest BCUT2D eigenvalue weighted by Gasteiger charge is 2.11. The van der Waals surface area contributed by atoms with E-state index in [1.807, 2.05) is 51.1 Å². The molecule has 0 radical (unpaired) electrons. The van der Waals surface area contributed by atoms with E-state index in [1.54, 1.807) is 12.2 Å². The fourth-order valence-electron chi connectivity index (χ4n) is 1.81. The molecule has 2 aromatic rings. The highest BCUT2D eigenvalue weighted by Crippen LogP contribution is 2.15. The summed E-state index contributed by atoms with van der Waals surface area (Å²) in [5, 5.41) is 0. The molecular weight excluding hydrogens is 224 g/mol. The summed E-state index contributed by atoms with van der Waals surface area (Å²) in [4.78, 5) is 11.9. The Labute approximate surface area is 107 Å². The van der Waals surface area contributed by atoms with Crippen molar-refractivity contribution in [3.8, 4) is 0 Å². The monoisotopic (exact) mass is 240 g/mol. The number of ketones is 1. The molecule has 2 rings (SSSR count). The lowest BCUT2D eigenvalue weighted by Crippen LogP contribution is -1.93. The molecule has 0 saturated carbocycles. The minimum atomic E-state index is -0.0961. The number of aryl methyl sites for hydroxylation is 3. The Bertz CT molecular complexity index is 586. The van der Waals surface area contributed by atoms with E-state index in [1.165, 1.54) is 5.56 Å². The van der Waals surface area contributed by atoms with E-state index >= 15 is 0 Å². The predicted molar refractivity (Wildman–Crippen MR) is 72.7 cm³/mol. The van der Waals surface area contributed by atoms with Gasteiger partial charge < -0.3 is 4.42 Å². The second-order valence-corrected chi connectivity index (χ2v) is 4.48. The summed E-state index contributed by atoms with van der Waals surface area (Å²) in [6.07, 6.45) is 3.36. The Hall–Kier alpha value is -2.09. The Morgan fingerprint density at radius 2 is 1.78 bits per heavy atom. The smallest absolute Gasteiger partial charge is 0.221 e. The minimum absolute atomic E-state index is 0.0961. The quantitative estimate of drug-likeness (QED) is 0.597. The molecule has 0 unspecified atom stereocenters. The zero-order valence-corrected chi connectivity index (χ0v) is 10.9. The molecule has 0 aliphatic carbocycles. The van der Waals surface area contributed by atoms with Gasteiger partial charge in [-0.3, -0.25) is 4.79 Å².